The highest BCUT2D eigenvalue weighted by Crippen LogP contribution is 2.37. The zero-order chi connectivity index (χ0) is 13.4. The number of benzene rings is 1. The normalized spacial score (nSPS) is 24.8. The molecule has 1 aromatic rings. The number of carbonyl (C=O) groups is 1. The molecule has 0 radical (unpaired) electrons. The van der Waals surface area contributed by atoms with E-state index in [2.05, 4.69) is 17.9 Å². The van der Waals surface area contributed by atoms with Crippen molar-refractivity contribution in [3.05, 3.63) is 35.4 Å². The van der Waals surface area contributed by atoms with E-state index in [0.717, 1.165) is 18.0 Å². The van der Waals surface area contributed by atoms with Gasteiger partial charge in [-0.3, -0.25) is 9.69 Å². The maximum atomic E-state index is 11.5. The maximum absolute atomic E-state index is 11.5. The van der Waals surface area contributed by atoms with Gasteiger partial charge < -0.3 is 5.11 Å². The van der Waals surface area contributed by atoms with Gasteiger partial charge in [0.05, 0.1) is 5.92 Å². The molecule has 1 fully saturated rings. The van der Waals surface area contributed by atoms with Gasteiger partial charge in [0, 0.05) is 19.1 Å². The van der Waals surface area contributed by atoms with E-state index in [0.29, 0.717) is 12.6 Å². The Bertz CT molecular complexity index is 481. The molecule has 102 valence electrons. The predicted molar refractivity (Wildman–Crippen MR) is 74.0 cm³/mol. The van der Waals surface area contributed by atoms with Crippen LogP contribution in [0.15, 0.2) is 24.3 Å². The van der Waals surface area contributed by atoms with Crippen LogP contribution in [0, 0.1) is 5.92 Å². The van der Waals surface area contributed by atoms with Crippen LogP contribution in [0.25, 0.3) is 0 Å². The Balaban J connectivity index is 1.81. The van der Waals surface area contributed by atoms with Gasteiger partial charge in [-0.15, -0.1) is 0 Å². The number of nitrogens with zero attached hydrogens (tertiary/aromatic N) is 1. The average Bonchev–Trinajstić information content (AvgIpc) is 3.21. The van der Waals surface area contributed by atoms with Crippen LogP contribution < -0.4 is 0 Å². The van der Waals surface area contributed by atoms with E-state index < -0.39 is 5.97 Å². The van der Waals surface area contributed by atoms with Crippen LogP contribution >= 0.6 is 0 Å². The summed E-state index contributed by atoms with van der Waals surface area (Å²) in [4.78, 5) is 13.8. The van der Waals surface area contributed by atoms with Gasteiger partial charge in [0.2, 0.25) is 0 Å². The summed E-state index contributed by atoms with van der Waals surface area (Å²) < 4.78 is 0. The molecule has 1 aliphatic heterocycles. The minimum absolute atomic E-state index is 0.369. The molecule has 3 rings (SSSR count). The number of carboxylic acids is 1. The third kappa shape index (κ3) is 2.66. The summed E-state index contributed by atoms with van der Waals surface area (Å²) in [5.41, 5.74) is 2.19. The van der Waals surface area contributed by atoms with Gasteiger partial charge >= 0.3 is 5.97 Å². The molecule has 2 unspecified atom stereocenters. The van der Waals surface area contributed by atoms with Gasteiger partial charge in [0.1, 0.15) is 0 Å². The minimum Gasteiger partial charge on any atom is -0.481 e. The zero-order valence-electron chi connectivity index (χ0n) is 11.4. The number of carboxylic acid groups (broad SMARTS) is 1. The van der Waals surface area contributed by atoms with Gasteiger partial charge in [-0.05, 0) is 30.4 Å². The second-order valence-electron chi connectivity index (χ2n) is 6.05. The van der Waals surface area contributed by atoms with Crippen molar-refractivity contribution in [1.29, 1.82) is 0 Å². The summed E-state index contributed by atoms with van der Waals surface area (Å²) in [6, 6.07) is 8.48. The molecule has 1 N–H and O–H groups in total. The first-order chi connectivity index (χ1) is 9.15. The molecule has 0 bridgehead atoms. The lowest BCUT2D eigenvalue weighted by Crippen LogP contribution is -2.42. The molecule has 0 amide bonds. The van der Waals surface area contributed by atoms with E-state index in [1.165, 1.54) is 24.8 Å². The molecule has 1 heterocycles. The number of aliphatic carboxylic acids is 1. The summed E-state index contributed by atoms with van der Waals surface area (Å²) >= 11 is 0. The van der Waals surface area contributed by atoms with Gasteiger partial charge in [-0.2, -0.15) is 0 Å². The highest BCUT2D eigenvalue weighted by molar-refractivity contribution is 5.77. The maximum Gasteiger partial charge on any atom is 0.312 e. The molecule has 0 saturated heterocycles. The third-order valence-electron chi connectivity index (χ3n) is 4.51. The first-order valence-electron chi connectivity index (χ1n) is 7.20. The number of hydrogen-bond acceptors (Lipinski definition) is 2. The predicted octanol–water partition coefficient (Wildman–Crippen LogP) is 2.86. The van der Waals surface area contributed by atoms with Crippen molar-refractivity contribution in [1.82, 2.24) is 4.90 Å². The molecule has 1 aromatic carbocycles. The molecule has 1 aliphatic carbocycles. The van der Waals surface area contributed by atoms with Crippen molar-refractivity contribution in [2.75, 3.05) is 6.54 Å². The van der Waals surface area contributed by atoms with E-state index in [-0.39, 0.29) is 5.92 Å². The van der Waals surface area contributed by atoms with Crippen LogP contribution in [-0.2, 0) is 11.3 Å². The molecule has 0 spiro atoms. The first kappa shape index (κ1) is 12.7. The van der Waals surface area contributed by atoms with Crippen LogP contribution in [0.5, 0.6) is 0 Å². The molecular weight excluding hydrogens is 238 g/mol. The molecule has 3 nitrogen and oxygen atoms in total. The Morgan fingerprint density at radius 2 is 2.16 bits per heavy atom. The fourth-order valence-corrected chi connectivity index (χ4v) is 3.17. The van der Waals surface area contributed by atoms with Crippen LogP contribution in [0.2, 0.25) is 0 Å². The molecule has 2 aliphatic rings. The lowest BCUT2D eigenvalue weighted by Gasteiger charge is -2.36. The molecule has 2 atom stereocenters. The second kappa shape index (κ2) is 4.97. The number of hydrogen-bond donors (Lipinski definition) is 1. The number of fused-ring (bicyclic) bond motifs is 1. The van der Waals surface area contributed by atoms with E-state index in [1.807, 2.05) is 18.2 Å². The lowest BCUT2D eigenvalue weighted by molar-refractivity contribution is -0.139. The fourth-order valence-electron chi connectivity index (χ4n) is 3.17. The molecule has 3 heteroatoms. The Morgan fingerprint density at radius 1 is 1.42 bits per heavy atom. The smallest absolute Gasteiger partial charge is 0.312 e. The SMILES string of the molecule is CC(CC1CC1)N1Cc2ccccc2C(C(=O)O)C1. The lowest BCUT2D eigenvalue weighted by atomic mass is 9.88. The van der Waals surface area contributed by atoms with Gasteiger partial charge in [-0.25, -0.2) is 0 Å². The van der Waals surface area contributed by atoms with Crippen LogP contribution in [-0.4, -0.2) is 28.6 Å². The minimum atomic E-state index is -0.698. The van der Waals surface area contributed by atoms with Crippen molar-refractivity contribution in [2.24, 2.45) is 5.92 Å². The van der Waals surface area contributed by atoms with Gasteiger partial charge in [-0.1, -0.05) is 37.1 Å². The summed E-state index contributed by atoms with van der Waals surface area (Å²) in [6.07, 6.45) is 3.93. The average molecular weight is 259 g/mol. The summed E-state index contributed by atoms with van der Waals surface area (Å²) in [7, 11) is 0. The standard InChI is InChI=1S/C16H21NO2/c1-11(8-12-6-7-12)17-9-13-4-2-3-5-14(13)15(10-17)16(18)19/h2-5,11-12,15H,6-10H2,1H3,(H,18,19). The first-order valence-corrected chi connectivity index (χ1v) is 7.20. The van der Waals surface area contributed by atoms with Crippen LogP contribution in [0.1, 0.15) is 43.2 Å². The van der Waals surface area contributed by atoms with E-state index in [4.69, 9.17) is 0 Å². The molecule has 0 aromatic heterocycles. The van der Waals surface area contributed by atoms with Crippen LogP contribution in [0.3, 0.4) is 0 Å². The Kier molecular flexibility index (Phi) is 3.31. The quantitative estimate of drug-likeness (QED) is 0.904. The molecule has 1 saturated carbocycles. The Hall–Kier alpha value is -1.35. The Morgan fingerprint density at radius 3 is 2.84 bits per heavy atom. The van der Waals surface area contributed by atoms with E-state index >= 15 is 0 Å². The van der Waals surface area contributed by atoms with E-state index in [1.54, 1.807) is 0 Å². The summed E-state index contributed by atoms with van der Waals surface area (Å²) in [5, 5.41) is 9.45. The van der Waals surface area contributed by atoms with Crippen molar-refractivity contribution < 1.29 is 9.90 Å². The van der Waals surface area contributed by atoms with Crippen molar-refractivity contribution >= 4 is 5.97 Å². The summed E-state index contributed by atoms with van der Waals surface area (Å²) in [6.45, 7) is 3.79. The summed E-state index contributed by atoms with van der Waals surface area (Å²) in [5.74, 6) is -0.183. The van der Waals surface area contributed by atoms with Gasteiger partial charge in [0.25, 0.3) is 0 Å². The van der Waals surface area contributed by atoms with Gasteiger partial charge in [0.15, 0.2) is 0 Å². The fraction of sp³-hybridized carbons (Fsp3) is 0.562. The van der Waals surface area contributed by atoms with Crippen LogP contribution in [0.4, 0.5) is 0 Å². The zero-order valence-corrected chi connectivity index (χ0v) is 11.4. The second-order valence-corrected chi connectivity index (χ2v) is 6.05. The molecular formula is C16H21NO2. The van der Waals surface area contributed by atoms with Crippen molar-refractivity contribution in [3.8, 4) is 0 Å². The highest BCUT2D eigenvalue weighted by atomic mass is 16.4. The largest absolute Gasteiger partial charge is 0.481 e. The highest BCUT2D eigenvalue weighted by Gasteiger charge is 2.34. The van der Waals surface area contributed by atoms with Crippen molar-refractivity contribution in [2.45, 2.75) is 44.7 Å². The van der Waals surface area contributed by atoms with Crippen molar-refractivity contribution in [3.63, 3.8) is 0 Å². The number of rotatable bonds is 4. The topological polar surface area (TPSA) is 40.5 Å². The monoisotopic (exact) mass is 259 g/mol. The Labute approximate surface area is 114 Å². The third-order valence-corrected chi connectivity index (χ3v) is 4.51. The molecule has 19 heavy (non-hydrogen) atoms. The van der Waals surface area contributed by atoms with E-state index in [9.17, 15) is 9.90 Å².